The Morgan fingerprint density at radius 2 is 2.11 bits per heavy atom. The zero-order chi connectivity index (χ0) is 13.8. The lowest BCUT2D eigenvalue weighted by molar-refractivity contribution is -0.386. The highest BCUT2D eigenvalue weighted by atomic mass is 35.5. The van der Waals surface area contributed by atoms with E-state index < -0.39 is 4.92 Å². The fourth-order valence-electron chi connectivity index (χ4n) is 2.34. The molecule has 0 saturated heterocycles. The monoisotopic (exact) mass is 285 g/mol. The summed E-state index contributed by atoms with van der Waals surface area (Å²) in [6, 6.07) is 4.36. The Morgan fingerprint density at radius 3 is 2.79 bits per heavy atom. The van der Waals surface area contributed by atoms with Crippen LogP contribution in [0, 0.1) is 10.1 Å². The number of nitro benzene ring substituents is 1. The summed E-state index contributed by atoms with van der Waals surface area (Å²) in [5.74, 6) is 0.235. The number of hydrogen-bond acceptors (Lipinski definition) is 4. The van der Waals surface area contributed by atoms with E-state index in [9.17, 15) is 10.1 Å². The summed E-state index contributed by atoms with van der Waals surface area (Å²) in [6.45, 7) is 0. The summed E-state index contributed by atoms with van der Waals surface area (Å²) in [5.41, 5.74) is -0.0519. The molecule has 0 aliphatic heterocycles. The molecule has 1 aromatic carbocycles. The first-order valence-electron chi connectivity index (χ1n) is 6.23. The molecule has 0 amide bonds. The molecule has 0 N–H and O–H groups in total. The third kappa shape index (κ3) is 3.58. The molecule has 1 saturated carbocycles. The molecular formula is C13H16ClNO4. The first kappa shape index (κ1) is 14.1. The van der Waals surface area contributed by atoms with Crippen LogP contribution in [0.25, 0.3) is 0 Å². The molecule has 6 heteroatoms. The third-order valence-corrected chi connectivity index (χ3v) is 3.56. The highest BCUT2D eigenvalue weighted by Crippen LogP contribution is 2.33. The number of halogens is 1. The molecule has 0 spiro atoms. The predicted octanol–water partition coefficient (Wildman–Crippen LogP) is 3.58. The van der Waals surface area contributed by atoms with Crippen LogP contribution >= 0.6 is 11.6 Å². The lowest BCUT2D eigenvalue weighted by atomic mass is 9.95. The summed E-state index contributed by atoms with van der Waals surface area (Å²) in [4.78, 5) is 10.5. The summed E-state index contributed by atoms with van der Waals surface area (Å²) in [5, 5.41) is 11.4. The van der Waals surface area contributed by atoms with Crippen molar-refractivity contribution in [2.24, 2.45) is 0 Å². The van der Waals surface area contributed by atoms with Crippen molar-refractivity contribution in [3.8, 4) is 5.75 Å². The maximum atomic E-state index is 11.0. The number of rotatable bonds is 4. The molecule has 0 aromatic heterocycles. The topological polar surface area (TPSA) is 61.6 Å². The second-order valence-electron chi connectivity index (χ2n) is 4.63. The smallest absolute Gasteiger partial charge is 0.311 e. The van der Waals surface area contributed by atoms with Crippen molar-refractivity contribution in [3.63, 3.8) is 0 Å². The molecule has 1 aliphatic carbocycles. The summed E-state index contributed by atoms with van der Waals surface area (Å²) in [6.07, 6.45) is 3.74. The van der Waals surface area contributed by atoms with Crippen LogP contribution in [0.2, 0.25) is 5.02 Å². The maximum Gasteiger partial charge on any atom is 0.311 e. The number of benzene rings is 1. The van der Waals surface area contributed by atoms with Gasteiger partial charge in [-0.15, -0.1) is 0 Å². The van der Waals surface area contributed by atoms with Crippen molar-refractivity contribution >= 4 is 17.3 Å². The van der Waals surface area contributed by atoms with Crippen molar-refractivity contribution in [1.29, 1.82) is 0 Å². The second kappa shape index (κ2) is 6.21. The van der Waals surface area contributed by atoms with E-state index in [1.54, 1.807) is 7.11 Å². The van der Waals surface area contributed by atoms with Crippen LogP contribution in [0.1, 0.15) is 25.7 Å². The van der Waals surface area contributed by atoms with Crippen LogP contribution < -0.4 is 4.74 Å². The minimum atomic E-state index is -0.456. The van der Waals surface area contributed by atoms with Crippen LogP contribution in [-0.4, -0.2) is 24.2 Å². The van der Waals surface area contributed by atoms with Gasteiger partial charge in [-0.1, -0.05) is 11.6 Å². The fourth-order valence-corrected chi connectivity index (χ4v) is 2.50. The molecule has 1 fully saturated rings. The lowest BCUT2D eigenvalue weighted by Crippen LogP contribution is -2.29. The average molecular weight is 286 g/mol. The van der Waals surface area contributed by atoms with Crippen molar-refractivity contribution in [1.82, 2.24) is 0 Å². The Hall–Kier alpha value is -1.33. The molecule has 1 aliphatic rings. The fraction of sp³-hybridized carbons (Fsp3) is 0.538. The Labute approximate surface area is 116 Å². The van der Waals surface area contributed by atoms with Crippen LogP contribution in [0.4, 0.5) is 5.69 Å². The molecule has 2 rings (SSSR count). The van der Waals surface area contributed by atoms with Gasteiger partial charge in [0.2, 0.25) is 0 Å². The van der Waals surface area contributed by atoms with Crippen molar-refractivity contribution in [2.45, 2.75) is 37.9 Å². The molecule has 2 unspecified atom stereocenters. The van der Waals surface area contributed by atoms with Gasteiger partial charge < -0.3 is 9.47 Å². The minimum absolute atomic E-state index is 0.0519. The van der Waals surface area contributed by atoms with Gasteiger partial charge >= 0.3 is 5.69 Å². The van der Waals surface area contributed by atoms with E-state index in [0.717, 1.165) is 25.7 Å². The molecule has 0 radical (unpaired) electrons. The molecule has 19 heavy (non-hydrogen) atoms. The van der Waals surface area contributed by atoms with E-state index in [1.165, 1.54) is 18.2 Å². The van der Waals surface area contributed by atoms with Gasteiger partial charge in [0.15, 0.2) is 5.75 Å². The van der Waals surface area contributed by atoms with Crippen LogP contribution in [0.5, 0.6) is 5.75 Å². The van der Waals surface area contributed by atoms with Gasteiger partial charge in [0.25, 0.3) is 0 Å². The number of hydrogen-bond donors (Lipinski definition) is 0. The van der Waals surface area contributed by atoms with Gasteiger partial charge in [0.1, 0.15) is 6.10 Å². The van der Waals surface area contributed by atoms with E-state index in [0.29, 0.717) is 5.02 Å². The second-order valence-corrected chi connectivity index (χ2v) is 5.07. The van der Waals surface area contributed by atoms with Gasteiger partial charge in [-0.2, -0.15) is 0 Å². The zero-order valence-corrected chi connectivity index (χ0v) is 11.4. The quantitative estimate of drug-likeness (QED) is 0.626. The third-order valence-electron chi connectivity index (χ3n) is 3.32. The van der Waals surface area contributed by atoms with E-state index in [1.807, 2.05) is 0 Å². The van der Waals surface area contributed by atoms with Gasteiger partial charge in [0, 0.05) is 30.7 Å². The Bertz CT molecular complexity index is 466. The zero-order valence-electron chi connectivity index (χ0n) is 10.7. The van der Waals surface area contributed by atoms with Crippen LogP contribution in [0.15, 0.2) is 18.2 Å². The number of nitrogens with zero attached hydrogens (tertiary/aromatic N) is 1. The van der Waals surface area contributed by atoms with Crippen LogP contribution in [0.3, 0.4) is 0 Å². The van der Waals surface area contributed by atoms with Gasteiger partial charge in [-0.3, -0.25) is 10.1 Å². The normalized spacial score (nSPS) is 23.1. The number of ether oxygens (including phenoxy) is 2. The lowest BCUT2D eigenvalue weighted by Gasteiger charge is -2.28. The molecule has 1 aromatic rings. The Kier molecular flexibility index (Phi) is 4.61. The van der Waals surface area contributed by atoms with Gasteiger partial charge in [-0.05, 0) is 25.3 Å². The first-order chi connectivity index (χ1) is 9.10. The molecule has 5 nitrogen and oxygen atoms in total. The average Bonchev–Trinajstić information content (AvgIpc) is 2.38. The van der Waals surface area contributed by atoms with E-state index in [-0.39, 0.29) is 23.6 Å². The standard InChI is InChI=1S/C13H16ClNO4/c1-18-10-3-2-4-11(8-10)19-13-7-9(14)5-6-12(13)15(16)17/h5-7,10-11H,2-4,8H2,1H3. The molecule has 104 valence electrons. The van der Waals surface area contributed by atoms with E-state index in [4.69, 9.17) is 21.1 Å². The van der Waals surface area contributed by atoms with E-state index in [2.05, 4.69) is 0 Å². The van der Waals surface area contributed by atoms with Crippen molar-refractivity contribution < 1.29 is 14.4 Å². The minimum Gasteiger partial charge on any atom is -0.483 e. The van der Waals surface area contributed by atoms with Crippen molar-refractivity contribution in [2.75, 3.05) is 7.11 Å². The Balaban J connectivity index is 2.13. The summed E-state index contributed by atoms with van der Waals surface area (Å²) in [7, 11) is 1.68. The van der Waals surface area contributed by atoms with Gasteiger partial charge in [-0.25, -0.2) is 0 Å². The summed E-state index contributed by atoms with van der Waals surface area (Å²) >= 11 is 5.87. The number of nitro groups is 1. The van der Waals surface area contributed by atoms with Gasteiger partial charge in [0.05, 0.1) is 11.0 Å². The Morgan fingerprint density at radius 1 is 1.37 bits per heavy atom. The predicted molar refractivity (Wildman–Crippen MR) is 71.8 cm³/mol. The van der Waals surface area contributed by atoms with Crippen LogP contribution in [-0.2, 0) is 4.74 Å². The molecule has 2 atom stereocenters. The highest BCUT2D eigenvalue weighted by molar-refractivity contribution is 6.30. The maximum absolute atomic E-state index is 11.0. The highest BCUT2D eigenvalue weighted by Gasteiger charge is 2.25. The molecular weight excluding hydrogens is 270 g/mol. The molecule has 0 heterocycles. The summed E-state index contributed by atoms with van der Waals surface area (Å²) < 4.78 is 11.1. The number of methoxy groups -OCH3 is 1. The largest absolute Gasteiger partial charge is 0.483 e. The van der Waals surface area contributed by atoms with Crippen molar-refractivity contribution in [3.05, 3.63) is 33.3 Å². The SMILES string of the molecule is COC1CCCC(Oc2cc(Cl)ccc2[N+](=O)[O-])C1. The molecule has 0 bridgehead atoms. The van der Waals surface area contributed by atoms with E-state index >= 15 is 0 Å². The first-order valence-corrected chi connectivity index (χ1v) is 6.61.